The molecule has 0 fully saturated rings. The lowest BCUT2D eigenvalue weighted by atomic mass is 10.1. The minimum atomic E-state index is -0.971. The molecule has 0 saturated carbocycles. The standard InChI is InChI=1S/C15H21N3O5/c1-5-8-16-14(19)10(2)23-15(20)11-6-7-12(17(3)4)13(9-11)18(21)22/h6-7,9-10H,5,8H2,1-4H3,(H,16,19)/t10-/m1/s1. The van der Waals surface area contributed by atoms with Gasteiger partial charge in [-0.2, -0.15) is 0 Å². The molecular weight excluding hydrogens is 302 g/mol. The van der Waals surface area contributed by atoms with Gasteiger partial charge < -0.3 is 15.0 Å². The molecule has 1 amide bonds. The van der Waals surface area contributed by atoms with E-state index in [2.05, 4.69) is 5.32 Å². The molecule has 0 unspecified atom stereocenters. The number of anilines is 1. The molecule has 1 aromatic carbocycles. The summed E-state index contributed by atoms with van der Waals surface area (Å²) in [6, 6.07) is 4.05. The number of hydrogen-bond acceptors (Lipinski definition) is 6. The van der Waals surface area contributed by atoms with E-state index in [0.29, 0.717) is 12.2 Å². The summed E-state index contributed by atoms with van der Waals surface area (Å²) in [4.78, 5) is 35.9. The smallest absolute Gasteiger partial charge is 0.339 e. The van der Waals surface area contributed by atoms with E-state index in [-0.39, 0.29) is 11.3 Å². The van der Waals surface area contributed by atoms with E-state index < -0.39 is 22.9 Å². The van der Waals surface area contributed by atoms with E-state index in [0.717, 1.165) is 12.5 Å². The van der Waals surface area contributed by atoms with E-state index in [1.165, 1.54) is 19.1 Å². The summed E-state index contributed by atoms with van der Waals surface area (Å²) < 4.78 is 5.04. The van der Waals surface area contributed by atoms with Crippen molar-refractivity contribution in [2.24, 2.45) is 0 Å². The first-order valence-electron chi connectivity index (χ1n) is 7.22. The van der Waals surface area contributed by atoms with Crippen LogP contribution in [0.25, 0.3) is 0 Å². The summed E-state index contributed by atoms with van der Waals surface area (Å²) in [6.07, 6.45) is -0.202. The van der Waals surface area contributed by atoms with Crippen LogP contribution in [0.4, 0.5) is 11.4 Å². The average Bonchev–Trinajstić information content (AvgIpc) is 2.51. The topological polar surface area (TPSA) is 102 Å². The first-order chi connectivity index (χ1) is 10.8. The molecule has 1 rings (SSSR count). The summed E-state index contributed by atoms with van der Waals surface area (Å²) in [6.45, 7) is 3.84. The Morgan fingerprint density at radius 3 is 2.57 bits per heavy atom. The molecule has 23 heavy (non-hydrogen) atoms. The maximum absolute atomic E-state index is 12.1. The number of carbonyl (C=O) groups excluding carboxylic acids is 2. The van der Waals surface area contributed by atoms with Gasteiger partial charge in [0, 0.05) is 26.7 Å². The SMILES string of the molecule is CCCNC(=O)[C@@H](C)OC(=O)c1ccc(N(C)C)c([N+](=O)[O-])c1. The molecule has 1 N–H and O–H groups in total. The third kappa shape index (κ3) is 4.94. The van der Waals surface area contributed by atoms with Gasteiger partial charge in [-0.15, -0.1) is 0 Å². The first-order valence-corrected chi connectivity index (χ1v) is 7.22. The Balaban J connectivity index is 2.90. The zero-order valence-corrected chi connectivity index (χ0v) is 13.7. The van der Waals surface area contributed by atoms with Gasteiger partial charge in [-0.1, -0.05) is 6.92 Å². The van der Waals surface area contributed by atoms with Crippen LogP contribution in [-0.2, 0) is 9.53 Å². The van der Waals surface area contributed by atoms with E-state index in [1.807, 2.05) is 6.92 Å². The van der Waals surface area contributed by atoms with Crippen LogP contribution >= 0.6 is 0 Å². The normalized spacial score (nSPS) is 11.5. The fourth-order valence-corrected chi connectivity index (χ4v) is 1.85. The molecule has 0 aliphatic rings. The second-order valence-corrected chi connectivity index (χ2v) is 5.19. The van der Waals surface area contributed by atoms with Crippen LogP contribution in [0.3, 0.4) is 0 Å². The van der Waals surface area contributed by atoms with Gasteiger partial charge in [-0.3, -0.25) is 14.9 Å². The molecule has 126 valence electrons. The van der Waals surface area contributed by atoms with E-state index in [9.17, 15) is 19.7 Å². The van der Waals surface area contributed by atoms with Crippen molar-refractivity contribution in [2.45, 2.75) is 26.4 Å². The Hall–Kier alpha value is -2.64. The van der Waals surface area contributed by atoms with Gasteiger partial charge in [0.15, 0.2) is 6.10 Å². The van der Waals surface area contributed by atoms with Crippen molar-refractivity contribution in [1.29, 1.82) is 0 Å². The summed E-state index contributed by atoms with van der Waals surface area (Å²) in [5.41, 5.74) is 0.199. The number of nitro benzene ring substituents is 1. The summed E-state index contributed by atoms with van der Waals surface area (Å²) in [7, 11) is 3.33. The molecule has 0 heterocycles. The molecule has 0 aliphatic heterocycles. The lowest BCUT2D eigenvalue weighted by Crippen LogP contribution is -2.36. The monoisotopic (exact) mass is 323 g/mol. The molecule has 8 nitrogen and oxygen atoms in total. The molecule has 1 aromatic rings. The van der Waals surface area contributed by atoms with Gasteiger partial charge in [0.2, 0.25) is 0 Å². The molecule has 0 bridgehead atoms. The number of esters is 1. The van der Waals surface area contributed by atoms with Gasteiger partial charge in [0.05, 0.1) is 10.5 Å². The fraction of sp³-hybridized carbons (Fsp3) is 0.467. The molecule has 0 spiro atoms. The predicted octanol–water partition coefficient (Wildman–Crippen LogP) is 1.73. The number of nitrogens with zero attached hydrogens (tertiary/aromatic N) is 2. The molecular formula is C15H21N3O5. The first kappa shape index (κ1) is 18.4. The Labute approximate surface area is 134 Å². The van der Waals surface area contributed by atoms with Crippen molar-refractivity contribution < 1.29 is 19.2 Å². The van der Waals surface area contributed by atoms with Gasteiger partial charge in [-0.05, 0) is 25.5 Å². The van der Waals surface area contributed by atoms with Crippen molar-refractivity contribution in [2.75, 3.05) is 25.5 Å². The Bertz CT molecular complexity index is 601. The molecule has 0 saturated heterocycles. The predicted molar refractivity (Wildman–Crippen MR) is 85.6 cm³/mol. The third-order valence-corrected chi connectivity index (χ3v) is 3.09. The minimum Gasteiger partial charge on any atom is -0.449 e. The van der Waals surface area contributed by atoms with Crippen LogP contribution < -0.4 is 10.2 Å². The summed E-state index contributed by atoms with van der Waals surface area (Å²) in [5.74, 6) is -1.18. The van der Waals surface area contributed by atoms with Crippen molar-refractivity contribution in [3.8, 4) is 0 Å². The van der Waals surface area contributed by atoms with Gasteiger partial charge in [0.1, 0.15) is 5.69 Å². The van der Waals surface area contributed by atoms with Crippen molar-refractivity contribution in [1.82, 2.24) is 5.32 Å². The highest BCUT2D eigenvalue weighted by molar-refractivity contribution is 5.93. The Kier molecular flexibility index (Phi) is 6.49. The highest BCUT2D eigenvalue weighted by Gasteiger charge is 2.22. The number of rotatable bonds is 7. The third-order valence-electron chi connectivity index (χ3n) is 3.09. The second kappa shape index (κ2) is 8.11. The average molecular weight is 323 g/mol. The minimum absolute atomic E-state index is 0.0254. The van der Waals surface area contributed by atoms with Crippen molar-refractivity contribution in [3.05, 3.63) is 33.9 Å². The van der Waals surface area contributed by atoms with Crippen LogP contribution in [0.15, 0.2) is 18.2 Å². The molecule has 0 aromatic heterocycles. The zero-order valence-electron chi connectivity index (χ0n) is 13.7. The lowest BCUT2D eigenvalue weighted by Gasteiger charge is -2.15. The van der Waals surface area contributed by atoms with Crippen LogP contribution in [0.2, 0.25) is 0 Å². The Morgan fingerprint density at radius 1 is 1.39 bits per heavy atom. The number of carbonyl (C=O) groups is 2. The molecule has 0 aliphatic carbocycles. The van der Waals surface area contributed by atoms with Crippen LogP contribution in [-0.4, -0.2) is 43.5 Å². The van der Waals surface area contributed by atoms with Crippen LogP contribution in [0.5, 0.6) is 0 Å². The Morgan fingerprint density at radius 2 is 2.04 bits per heavy atom. The lowest BCUT2D eigenvalue weighted by molar-refractivity contribution is -0.384. The largest absolute Gasteiger partial charge is 0.449 e. The maximum Gasteiger partial charge on any atom is 0.339 e. The summed E-state index contributed by atoms with van der Waals surface area (Å²) in [5, 5.41) is 13.7. The van der Waals surface area contributed by atoms with Crippen LogP contribution in [0, 0.1) is 10.1 Å². The van der Waals surface area contributed by atoms with Crippen molar-refractivity contribution >= 4 is 23.3 Å². The van der Waals surface area contributed by atoms with Crippen LogP contribution in [0.1, 0.15) is 30.6 Å². The zero-order chi connectivity index (χ0) is 17.6. The number of nitrogens with one attached hydrogen (secondary N) is 1. The van der Waals surface area contributed by atoms with Gasteiger partial charge in [-0.25, -0.2) is 4.79 Å². The highest BCUT2D eigenvalue weighted by Crippen LogP contribution is 2.28. The number of hydrogen-bond donors (Lipinski definition) is 1. The quantitative estimate of drug-likeness (QED) is 0.466. The molecule has 1 atom stereocenters. The van der Waals surface area contributed by atoms with E-state index in [4.69, 9.17) is 4.74 Å². The second-order valence-electron chi connectivity index (χ2n) is 5.19. The number of nitro groups is 1. The number of benzene rings is 1. The molecule has 8 heteroatoms. The van der Waals surface area contributed by atoms with Gasteiger partial charge >= 0.3 is 5.97 Å². The van der Waals surface area contributed by atoms with E-state index >= 15 is 0 Å². The van der Waals surface area contributed by atoms with Crippen molar-refractivity contribution in [3.63, 3.8) is 0 Å². The highest BCUT2D eigenvalue weighted by atomic mass is 16.6. The molecule has 0 radical (unpaired) electrons. The number of amides is 1. The summed E-state index contributed by atoms with van der Waals surface area (Å²) >= 11 is 0. The number of ether oxygens (including phenoxy) is 1. The van der Waals surface area contributed by atoms with E-state index in [1.54, 1.807) is 19.0 Å². The fourth-order valence-electron chi connectivity index (χ4n) is 1.85. The van der Waals surface area contributed by atoms with Gasteiger partial charge in [0.25, 0.3) is 11.6 Å². The maximum atomic E-state index is 12.1.